The minimum Gasteiger partial charge on any atom is -0.382 e. The second-order valence-corrected chi connectivity index (χ2v) is 4.50. The largest absolute Gasteiger partial charge is 0.382 e. The minimum atomic E-state index is 0.658. The number of hydrogen-bond acceptors (Lipinski definition) is 2. The van der Waals surface area contributed by atoms with E-state index in [4.69, 9.17) is 0 Å². The summed E-state index contributed by atoms with van der Waals surface area (Å²) in [6, 6.07) is 11.1. The zero-order valence-corrected chi connectivity index (χ0v) is 9.32. The number of nitrogens with one attached hydrogen (secondary N) is 1. The fourth-order valence-corrected chi connectivity index (χ4v) is 2.52. The first-order valence-corrected chi connectivity index (χ1v) is 6.04. The molecule has 1 N–H and O–H groups in total. The second-order valence-electron chi connectivity index (χ2n) is 4.50. The first-order valence-electron chi connectivity index (χ1n) is 6.04. The highest BCUT2D eigenvalue weighted by atomic mass is 14.9. The molecule has 1 aromatic carbocycles. The van der Waals surface area contributed by atoms with Crippen LogP contribution in [-0.2, 0) is 0 Å². The van der Waals surface area contributed by atoms with Crippen molar-refractivity contribution in [1.82, 2.24) is 4.98 Å². The van der Waals surface area contributed by atoms with Gasteiger partial charge < -0.3 is 5.32 Å². The molecule has 0 spiro atoms. The molecule has 82 valence electrons. The molecule has 2 heteroatoms. The summed E-state index contributed by atoms with van der Waals surface area (Å²) in [4.78, 5) is 4.38. The van der Waals surface area contributed by atoms with E-state index in [1.54, 1.807) is 0 Å². The van der Waals surface area contributed by atoms with Crippen LogP contribution in [0.3, 0.4) is 0 Å². The Morgan fingerprint density at radius 1 is 1.06 bits per heavy atom. The fraction of sp³-hybridized carbons (Fsp3) is 0.357. The standard InChI is InChI=1S/C14H16N2/c1-2-6-11(5-1)16-14-9-3-8-13-12(14)7-4-10-15-13/h3-4,7-11,16H,1-2,5-6H2. The van der Waals surface area contributed by atoms with Gasteiger partial charge in [-0.3, -0.25) is 4.98 Å². The quantitative estimate of drug-likeness (QED) is 0.822. The highest BCUT2D eigenvalue weighted by Gasteiger charge is 2.15. The Balaban J connectivity index is 1.96. The number of aromatic nitrogens is 1. The van der Waals surface area contributed by atoms with Crippen LogP contribution in [-0.4, -0.2) is 11.0 Å². The Labute approximate surface area is 95.7 Å². The maximum absolute atomic E-state index is 4.38. The smallest absolute Gasteiger partial charge is 0.0722 e. The summed E-state index contributed by atoms with van der Waals surface area (Å²) in [7, 11) is 0. The van der Waals surface area contributed by atoms with Gasteiger partial charge in [0.2, 0.25) is 0 Å². The normalized spacial score (nSPS) is 16.8. The maximum atomic E-state index is 4.38. The van der Waals surface area contributed by atoms with Crippen molar-refractivity contribution in [2.75, 3.05) is 5.32 Å². The summed E-state index contributed by atoms with van der Waals surface area (Å²) in [5.74, 6) is 0. The van der Waals surface area contributed by atoms with Gasteiger partial charge in [-0.15, -0.1) is 0 Å². The van der Waals surface area contributed by atoms with E-state index >= 15 is 0 Å². The van der Waals surface area contributed by atoms with Crippen molar-refractivity contribution < 1.29 is 0 Å². The van der Waals surface area contributed by atoms with Gasteiger partial charge >= 0.3 is 0 Å². The predicted molar refractivity (Wildman–Crippen MR) is 67.6 cm³/mol. The number of rotatable bonds is 2. The molecule has 0 unspecified atom stereocenters. The maximum Gasteiger partial charge on any atom is 0.0722 e. The van der Waals surface area contributed by atoms with Crippen molar-refractivity contribution in [2.45, 2.75) is 31.7 Å². The first kappa shape index (κ1) is 9.64. The summed E-state index contributed by atoms with van der Waals surface area (Å²) >= 11 is 0. The van der Waals surface area contributed by atoms with Gasteiger partial charge in [0.1, 0.15) is 0 Å². The van der Waals surface area contributed by atoms with Crippen LogP contribution in [0.5, 0.6) is 0 Å². The van der Waals surface area contributed by atoms with Crippen LogP contribution in [0, 0.1) is 0 Å². The SMILES string of the molecule is c1cc(NC2CCCC2)c2cccnc2c1. The monoisotopic (exact) mass is 212 g/mol. The Morgan fingerprint density at radius 3 is 2.81 bits per heavy atom. The third-order valence-corrected chi connectivity index (χ3v) is 3.36. The van der Waals surface area contributed by atoms with Crippen LogP contribution in [0.4, 0.5) is 5.69 Å². The summed E-state index contributed by atoms with van der Waals surface area (Å²) in [5, 5.41) is 4.88. The van der Waals surface area contributed by atoms with E-state index < -0.39 is 0 Å². The van der Waals surface area contributed by atoms with Crippen molar-refractivity contribution in [3.05, 3.63) is 36.5 Å². The van der Waals surface area contributed by atoms with Gasteiger partial charge in [-0.05, 0) is 37.1 Å². The molecule has 1 saturated carbocycles. The lowest BCUT2D eigenvalue weighted by molar-refractivity contribution is 0.756. The lowest BCUT2D eigenvalue weighted by Gasteiger charge is -2.15. The molecule has 0 saturated heterocycles. The number of benzene rings is 1. The molecule has 0 bridgehead atoms. The molecule has 0 amide bonds. The average molecular weight is 212 g/mol. The van der Waals surface area contributed by atoms with Gasteiger partial charge in [0.15, 0.2) is 0 Å². The Bertz CT molecular complexity index is 482. The topological polar surface area (TPSA) is 24.9 Å². The molecule has 1 aliphatic carbocycles. The highest BCUT2D eigenvalue weighted by molar-refractivity contribution is 5.91. The molecule has 3 rings (SSSR count). The van der Waals surface area contributed by atoms with Gasteiger partial charge in [0, 0.05) is 23.3 Å². The van der Waals surface area contributed by atoms with E-state index in [0.29, 0.717) is 6.04 Å². The minimum absolute atomic E-state index is 0.658. The van der Waals surface area contributed by atoms with E-state index in [9.17, 15) is 0 Å². The van der Waals surface area contributed by atoms with Crippen molar-refractivity contribution >= 4 is 16.6 Å². The van der Waals surface area contributed by atoms with Gasteiger partial charge in [0.25, 0.3) is 0 Å². The van der Waals surface area contributed by atoms with Gasteiger partial charge in [0.05, 0.1) is 5.52 Å². The third-order valence-electron chi connectivity index (χ3n) is 3.36. The molecule has 0 radical (unpaired) electrons. The predicted octanol–water partition coefficient (Wildman–Crippen LogP) is 3.59. The number of fused-ring (bicyclic) bond motifs is 1. The summed E-state index contributed by atoms with van der Waals surface area (Å²) in [5.41, 5.74) is 2.31. The zero-order chi connectivity index (χ0) is 10.8. The van der Waals surface area contributed by atoms with E-state index in [1.807, 2.05) is 12.3 Å². The second kappa shape index (κ2) is 4.12. The molecule has 16 heavy (non-hydrogen) atoms. The number of anilines is 1. The van der Waals surface area contributed by atoms with Crippen molar-refractivity contribution in [1.29, 1.82) is 0 Å². The molecule has 1 aromatic heterocycles. The van der Waals surface area contributed by atoms with E-state index in [2.05, 4.69) is 34.6 Å². The molecule has 1 aliphatic rings. The van der Waals surface area contributed by atoms with E-state index in [-0.39, 0.29) is 0 Å². The zero-order valence-electron chi connectivity index (χ0n) is 9.32. The Hall–Kier alpha value is -1.57. The average Bonchev–Trinajstić information content (AvgIpc) is 2.82. The van der Waals surface area contributed by atoms with Crippen LogP contribution in [0.15, 0.2) is 36.5 Å². The van der Waals surface area contributed by atoms with Crippen LogP contribution in [0.25, 0.3) is 10.9 Å². The molecule has 1 heterocycles. The highest BCUT2D eigenvalue weighted by Crippen LogP contribution is 2.26. The first-order chi connectivity index (χ1) is 7.93. The number of nitrogens with zero attached hydrogens (tertiary/aromatic N) is 1. The molecule has 0 aliphatic heterocycles. The van der Waals surface area contributed by atoms with E-state index in [0.717, 1.165) is 5.52 Å². The van der Waals surface area contributed by atoms with Crippen molar-refractivity contribution in [3.8, 4) is 0 Å². The number of hydrogen-bond donors (Lipinski definition) is 1. The van der Waals surface area contributed by atoms with Crippen LogP contribution >= 0.6 is 0 Å². The van der Waals surface area contributed by atoms with Crippen LogP contribution < -0.4 is 5.32 Å². The molecule has 0 atom stereocenters. The van der Waals surface area contributed by atoms with Crippen molar-refractivity contribution in [3.63, 3.8) is 0 Å². The van der Waals surface area contributed by atoms with Gasteiger partial charge in [-0.2, -0.15) is 0 Å². The Morgan fingerprint density at radius 2 is 1.94 bits per heavy atom. The lowest BCUT2D eigenvalue weighted by Crippen LogP contribution is -2.14. The van der Waals surface area contributed by atoms with Gasteiger partial charge in [-0.1, -0.05) is 18.9 Å². The summed E-state index contributed by atoms with van der Waals surface area (Å²) < 4.78 is 0. The lowest BCUT2D eigenvalue weighted by atomic mass is 10.1. The van der Waals surface area contributed by atoms with Crippen LogP contribution in [0.2, 0.25) is 0 Å². The third kappa shape index (κ3) is 1.75. The number of pyridine rings is 1. The van der Waals surface area contributed by atoms with Crippen LogP contribution in [0.1, 0.15) is 25.7 Å². The fourth-order valence-electron chi connectivity index (χ4n) is 2.52. The molecular formula is C14H16N2. The molecule has 1 fully saturated rings. The van der Waals surface area contributed by atoms with Crippen molar-refractivity contribution in [2.24, 2.45) is 0 Å². The molecule has 2 aromatic rings. The summed E-state index contributed by atoms with van der Waals surface area (Å²) in [6.45, 7) is 0. The molecule has 2 nitrogen and oxygen atoms in total. The van der Waals surface area contributed by atoms with Gasteiger partial charge in [-0.25, -0.2) is 0 Å². The Kier molecular flexibility index (Phi) is 2.49. The summed E-state index contributed by atoms with van der Waals surface area (Å²) in [6.07, 6.45) is 7.18. The molecular weight excluding hydrogens is 196 g/mol. The van der Waals surface area contributed by atoms with E-state index in [1.165, 1.54) is 36.8 Å².